The molecule has 1 aliphatic carbocycles. The minimum atomic E-state index is -0.0647. The molecule has 5 rings (SSSR count). The maximum atomic E-state index is 12.4. The first-order chi connectivity index (χ1) is 16.3. The zero-order chi connectivity index (χ0) is 23.7. The van der Waals surface area contributed by atoms with Crippen molar-refractivity contribution in [2.45, 2.75) is 64.7 Å². The summed E-state index contributed by atoms with van der Waals surface area (Å²) in [5.74, 6) is 1.52. The van der Waals surface area contributed by atoms with E-state index >= 15 is 0 Å². The fourth-order valence-corrected chi connectivity index (χ4v) is 4.82. The van der Waals surface area contributed by atoms with E-state index < -0.39 is 0 Å². The molecule has 0 saturated heterocycles. The molecule has 0 radical (unpaired) electrons. The van der Waals surface area contributed by atoms with Crippen LogP contribution < -0.4 is 14.8 Å². The Kier molecular flexibility index (Phi) is 6.32. The summed E-state index contributed by atoms with van der Waals surface area (Å²) in [5.41, 5.74) is 4.37. The largest absolute Gasteiger partial charge is 0.454 e. The van der Waals surface area contributed by atoms with Crippen molar-refractivity contribution < 1.29 is 14.3 Å². The molecule has 1 amide bonds. The molecule has 2 aromatic carbocycles. The van der Waals surface area contributed by atoms with E-state index in [-0.39, 0.29) is 18.1 Å². The van der Waals surface area contributed by atoms with Crippen LogP contribution in [0.2, 0.25) is 0 Å². The van der Waals surface area contributed by atoms with Crippen LogP contribution in [0.25, 0.3) is 0 Å². The monoisotopic (exact) mass is 477 g/mol. The van der Waals surface area contributed by atoms with Crippen LogP contribution in [0.15, 0.2) is 47.8 Å². The highest BCUT2D eigenvalue weighted by molar-refractivity contribution is 7.09. The molecule has 6 nitrogen and oxygen atoms in total. The molecule has 1 N–H and O–H groups in total. The number of benzene rings is 2. The number of rotatable bonds is 8. The van der Waals surface area contributed by atoms with Crippen LogP contribution in [-0.4, -0.2) is 28.6 Å². The van der Waals surface area contributed by atoms with Gasteiger partial charge in [-0.15, -0.1) is 11.3 Å². The van der Waals surface area contributed by atoms with Gasteiger partial charge >= 0.3 is 0 Å². The Hall–Kier alpha value is -2.90. The topological polar surface area (TPSA) is 63.7 Å². The summed E-state index contributed by atoms with van der Waals surface area (Å²) in [6.45, 7) is 9.14. The third-order valence-corrected chi connectivity index (χ3v) is 6.96. The molecule has 0 spiro atoms. The molecule has 1 fully saturated rings. The summed E-state index contributed by atoms with van der Waals surface area (Å²) in [6, 6.07) is 15.3. The summed E-state index contributed by atoms with van der Waals surface area (Å²) in [7, 11) is 0. The van der Waals surface area contributed by atoms with Crippen LogP contribution in [0, 0.1) is 0 Å². The number of nitrogens with zero attached hydrogens (tertiary/aromatic N) is 2. The molecule has 34 heavy (non-hydrogen) atoms. The Bertz CT molecular complexity index is 1160. The Morgan fingerprint density at radius 2 is 1.74 bits per heavy atom. The number of amides is 1. The van der Waals surface area contributed by atoms with E-state index in [9.17, 15) is 4.79 Å². The first kappa shape index (κ1) is 22.9. The number of carbonyl (C=O) groups excluding carboxylic acids is 1. The fourth-order valence-electron chi connectivity index (χ4n) is 4.00. The highest BCUT2D eigenvalue weighted by Gasteiger charge is 2.25. The quantitative estimate of drug-likeness (QED) is 0.479. The zero-order valence-electron chi connectivity index (χ0n) is 20.0. The lowest BCUT2D eigenvalue weighted by Gasteiger charge is -2.23. The van der Waals surface area contributed by atoms with E-state index in [0.717, 1.165) is 48.0 Å². The number of thiazole rings is 1. The third kappa shape index (κ3) is 5.59. The summed E-state index contributed by atoms with van der Waals surface area (Å²) in [5, 5.41) is 5.83. The number of nitrogens with one attached hydrogen (secondary N) is 1. The van der Waals surface area contributed by atoms with Crippen molar-refractivity contribution in [1.29, 1.82) is 0 Å². The van der Waals surface area contributed by atoms with E-state index in [4.69, 9.17) is 9.47 Å². The molecule has 178 valence electrons. The Morgan fingerprint density at radius 3 is 2.47 bits per heavy atom. The smallest absolute Gasteiger partial charge is 0.270 e. The second-order valence-corrected chi connectivity index (χ2v) is 11.1. The molecule has 3 aromatic rings. The van der Waals surface area contributed by atoms with Crippen LogP contribution in [0.1, 0.15) is 65.8 Å². The zero-order valence-corrected chi connectivity index (χ0v) is 20.8. The van der Waals surface area contributed by atoms with Gasteiger partial charge in [0.1, 0.15) is 10.7 Å². The molecular formula is C27H31N3O3S. The standard InChI is InChI=1S/C27H31N3O3S/c1-27(2,3)20-7-4-18(5-8-20)13-30(14-19-6-11-23-24(12-19)33-17-32-23)15-25-29-22(16-34-25)26(31)28-21-9-10-21/h4-8,11-12,16,21H,9-10,13-15,17H2,1-3H3,(H,28,31). The van der Waals surface area contributed by atoms with Gasteiger partial charge < -0.3 is 14.8 Å². The van der Waals surface area contributed by atoms with E-state index in [0.29, 0.717) is 18.3 Å². The number of hydrogen-bond acceptors (Lipinski definition) is 6. The van der Waals surface area contributed by atoms with E-state index in [1.54, 1.807) is 11.3 Å². The summed E-state index contributed by atoms with van der Waals surface area (Å²) in [6.07, 6.45) is 2.14. The SMILES string of the molecule is CC(C)(C)c1ccc(CN(Cc2ccc3c(c2)OCO3)Cc2nc(C(=O)NC3CC3)cs2)cc1. The molecule has 1 aliphatic heterocycles. The molecule has 0 unspecified atom stereocenters. The van der Waals surface area contributed by atoms with Gasteiger partial charge in [0.25, 0.3) is 5.91 Å². The molecule has 0 bridgehead atoms. The van der Waals surface area contributed by atoms with Crippen molar-refractivity contribution in [1.82, 2.24) is 15.2 Å². The van der Waals surface area contributed by atoms with Crippen LogP contribution in [0.4, 0.5) is 0 Å². The van der Waals surface area contributed by atoms with Crippen LogP contribution >= 0.6 is 11.3 Å². The highest BCUT2D eigenvalue weighted by Crippen LogP contribution is 2.33. The molecule has 1 aromatic heterocycles. The number of hydrogen-bond donors (Lipinski definition) is 1. The number of carbonyl (C=O) groups is 1. The van der Waals surface area contributed by atoms with Crippen molar-refractivity contribution >= 4 is 17.2 Å². The van der Waals surface area contributed by atoms with E-state index in [1.807, 2.05) is 17.5 Å². The normalized spacial score (nSPS) is 15.1. The number of aromatic nitrogens is 1. The number of ether oxygens (including phenoxy) is 2. The average Bonchev–Trinajstić information content (AvgIpc) is 3.28. The minimum Gasteiger partial charge on any atom is -0.454 e. The lowest BCUT2D eigenvalue weighted by Crippen LogP contribution is -2.26. The predicted molar refractivity (Wildman–Crippen MR) is 133 cm³/mol. The molecule has 2 aliphatic rings. The lowest BCUT2D eigenvalue weighted by atomic mass is 9.87. The average molecular weight is 478 g/mol. The first-order valence-corrected chi connectivity index (χ1v) is 12.7. The van der Waals surface area contributed by atoms with Gasteiger partial charge in [0.15, 0.2) is 11.5 Å². The van der Waals surface area contributed by atoms with Gasteiger partial charge in [-0.05, 0) is 47.1 Å². The molecular weight excluding hydrogens is 446 g/mol. The number of fused-ring (bicyclic) bond motifs is 1. The molecule has 0 atom stereocenters. The van der Waals surface area contributed by atoms with Crippen molar-refractivity contribution in [3.05, 3.63) is 75.2 Å². The van der Waals surface area contributed by atoms with Gasteiger partial charge in [-0.25, -0.2) is 4.98 Å². The minimum absolute atomic E-state index is 0.0647. The van der Waals surface area contributed by atoms with Gasteiger partial charge in [-0.3, -0.25) is 9.69 Å². The van der Waals surface area contributed by atoms with Gasteiger partial charge in [0, 0.05) is 24.5 Å². The maximum Gasteiger partial charge on any atom is 0.270 e. The van der Waals surface area contributed by atoms with Crippen molar-refractivity contribution in [3.63, 3.8) is 0 Å². The van der Waals surface area contributed by atoms with E-state index in [1.165, 1.54) is 11.1 Å². The summed E-state index contributed by atoms with van der Waals surface area (Å²) < 4.78 is 11.0. The second-order valence-electron chi connectivity index (χ2n) is 10.2. The third-order valence-electron chi connectivity index (χ3n) is 6.13. The van der Waals surface area contributed by atoms with Gasteiger partial charge in [0.05, 0.1) is 6.54 Å². The maximum absolute atomic E-state index is 12.4. The van der Waals surface area contributed by atoms with E-state index in [2.05, 4.69) is 66.3 Å². The van der Waals surface area contributed by atoms with Gasteiger partial charge in [-0.1, -0.05) is 51.1 Å². The van der Waals surface area contributed by atoms with Crippen LogP contribution in [0.3, 0.4) is 0 Å². The van der Waals surface area contributed by atoms with Crippen molar-refractivity contribution in [3.8, 4) is 11.5 Å². The van der Waals surface area contributed by atoms with Crippen LogP contribution in [0.5, 0.6) is 11.5 Å². The Labute approximate surface area is 204 Å². The second kappa shape index (κ2) is 9.39. The van der Waals surface area contributed by atoms with Crippen molar-refractivity contribution in [2.75, 3.05) is 6.79 Å². The Balaban J connectivity index is 1.33. The highest BCUT2D eigenvalue weighted by atomic mass is 32.1. The predicted octanol–water partition coefficient (Wildman–Crippen LogP) is 5.26. The van der Waals surface area contributed by atoms with Gasteiger partial charge in [-0.2, -0.15) is 0 Å². The molecule has 2 heterocycles. The van der Waals surface area contributed by atoms with Crippen LogP contribution in [-0.2, 0) is 25.0 Å². The van der Waals surface area contributed by atoms with Gasteiger partial charge in [0.2, 0.25) is 6.79 Å². The summed E-state index contributed by atoms with van der Waals surface area (Å²) in [4.78, 5) is 19.4. The summed E-state index contributed by atoms with van der Waals surface area (Å²) >= 11 is 1.54. The molecule has 1 saturated carbocycles. The first-order valence-electron chi connectivity index (χ1n) is 11.8. The lowest BCUT2D eigenvalue weighted by molar-refractivity contribution is 0.0946. The fraction of sp³-hybridized carbons (Fsp3) is 0.407. The van der Waals surface area contributed by atoms with Crippen molar-refractivity contribution in [2.24, 2.45) is 0 Å². The molecule has 7 heteroatoms. The Morgan fingerprint density at radius 1 is 1.03 bits per heavy atom.